The average molecular weight is 142 g/mol. The van der Waals surface area contributed by atoms with Gasteiger partial charge in [-0.15, -0.1) is 0 Å². The quantitative estimate of drug-likeness (QED) is 0.323. The summed E-state index contributed by atoms with van der Waals surface area (Å²) in [5, 5.41) is 5.33. The van der Waals surface area contributed by atoms with E-state index < -0.39 is 0 Å². The second-order valence-corrected chi connectivity index (χ2v) is 1.75. The van der Waals surface area contributed by atoms with Crippen molar-refractivity contribution < 1.29 is 0 Å². The lowest BCUT2D eigenvalue weighted by Gasteiger charge is -1.82. The van der Waals surface area contributed by atoms with Gasteiger partial charge >= 0.3 is 0 Å². The molecule has 10 heavy (non-hydrogen) atoms. The molecule has 0 aromatic carbocycles. The van der Waals surface area contributed by atoms with Gasteiger partial charge in [-0.3, -0.25) is 0 Å². The van der Waals surface area contributed by atoms with Crippen molar-refractivity contribution in [1.82, 2.24) is 0 Å². The Bertz CT molecular complexity index is 109. The first-order chi connectivity index (χ1) is 4.91. The summed E-state index contributed by atoms with van der Waals surface area (Å²) in [5.74, 6) is 0. The van der Waals surface area contributed by atoms with E-state index in [9.17, 15) is 9.81 Å². The van der Waals surface area contributed by atoms with Crippen LogP contribution in [0, 0.1) is 9.81 Å². The minimum absolute atomic E-state index is 0.311. The van der Waals surface area contributed by atoms with Crippen LogP contribution in [-0.2, 0) is 0 Å². The molecule has 0 aliphatic carbocycles. The maximum Gasteiger partial charge on any atom is 0.0845 e. The Morgan fingerprint density at radius 3 is 1.60 bits per heavy atom. The summed E-state index contributed by atoms with van der Waals surface area (Å²) in [4.78, 5) is 19.1. The highest BCUT2D eigenvalue weighted by molar-refractivity contribution is 4.82. The lowest BCUT2D eigenvalue weighted by molar-refractivity contribution is 0.961. The van der Waals surface area contributed by atoms with Crippen molar-refractivity contribution >= 4 is 0 Å². The molecule has 0 saturated heterocycles. The normalized spacial score (nSPS) is 10.0. The molecule has 0 aromatic heterocycles. The maximum atomic E-state index is 9.54. The third-order valence-corrected chi connectivity index (χ3v) is 0.941. The largest absolute Gasteiger partial charge is 0.151 e. The third-order valence-electron chi connectivity index (χ3n) is 0.941. The SMILES string of the molecule is O=NCC/C=C/CCN=O. The molecule has 0 aliphatic rings. The highest BCUT2D eigenvalue weighted by Gasteiger charge is 1.79. The fraction of sp³-hybridized carbons (Fsp3) is 0.667. The standard InChI is InChI=1S/C6H10N2O2/c9-7-5-3-1-2-4-6-8-10/h1-2H,3-6H2/b2-1+. The Labute approximate surface area is 59.3 Å². The summed E-state index contributed by atoms with van der Waals surface area (Å²) < 4.78 is 0. The number of nitroso groups, excluding NO2 is 2. The molecule has 4 heteroatoms. The van der Waals surface area contributed by atoms with Gasteiger partial charge in [-0.05, 0) is 12.8 Å². The van der Waals surface area contributed by atoms with Crippen LogP contribution < -0.4 is 0 Å². The molecule has 0 heterocycles. The van der Waals surface area contributed by atoms with E-state index in [0.29, 0.717) is 25.9 Å². The van der Waals surface area contributed by atoms with E-state index in [4.69, 9.17) is 0 Å². The zero-order valence-electron chi connectivity index (χ0n) is 5.69. The predicted octanol–water partition coefficient (Wildman–Crippen LogP) is 1.86. The van der Waals surface area contributed by atoms with Crippen molar-refractivity contribution in [3.63, 3.8) is 0 Å². The van der Waals surface area contributed by atoms with Gasteiger partial charge in [0, 0.05) is 0 Å². The van der Waals surface area contributed by atoms with E-state index in [2.05, 4.69) is 10.4 Å². The highest BCUT2D eigenvalue weighted by Crippen LogP contribution is 1.87. The third kappa shape index (κ3) is 6.94. The molecule has 0 spiro atoms. The van der Waals surface area contributed by atoms with Crippen LogP contribution >= 0.6 is 0 Å². The number of hydrogen-bond acceptors (Lipinski definition) is 4. The van der Waals surface area contributed by atoms with Gasteiger partial charge in [0.2, 0.25) is 0 Å². The van der Waals surface area contributed by atoms with Gasteiger partial charge < -0.3 is 0 Å². The number of hydrogen-bond donors (Lipinski definition) is 0. The fourth-order valence-electron chi connectivity index (χ4n) is 0.490. The van der Waals surface area contributed by atoms with E-state index in [1.54, 1.807) is 0 Å². The average Bonchev–Trinajstić information content (AvgIpc) is 1.97. The predicted molar refractivity (Wildman–Crippen MR) is 39.7 cm³/mol. The molecule has 56 valence electrons. The Morgan fingerprint density at radius 1 is 0.900 bits per heavy atom. The Morgan fingerprint density at radius 2 is 1.30 bits per heavy atom. The zero-order chi connectivity index (χ0) is 7.66. The molecule has 0 N–H and O–H groups in total. The van der Waals surface area contributed by atoms with Crippen molar-refractivity contribution in [3.05, 3.63) is 22.0 Å². The van der Waals surface area contributed by atoms with Crippen LogP contribution in [0.3, 0.4) is 0 Å². The molecule has 0 bridgehead atoms. The van der Waals surface area contributed by atoms with Crippen molar-refractivity contribution in [2.75, 3.05) is 13.1 Å². The highest BCUT2D eigenvalue weighted by atomic mass is 16.3. The molecular formula is C6H10N2O2. The number of nitrogens with zero attached hydrogens (tertiary/aromatic N) is 2. The summed E-state index contributed by atoms with van der Waals surface area (Å²) in [6, 6.07) is 0. The molecule has 4 nitrogen and oxygen atoms in total. The minimum Gasteiger partial charge on any atom is -0.151 e. The second kappa shape index (κ2) is 7.94. The van der Waals surface area contributed by atoms with Crippen LogP contribution in [0.1, 0.15) is 12.8 Å². The zero-order valence-corrected chi connectivity index (χ0v) is 5.69. The first kappa shape index (κ1) is 8.94. The molecule has 0 amide bonds. The summed E-state index contributed by atoms with van der Waals surface area (Å²) in [5.41, 5.74) is 0. The maximum absolute atomic E-state index is 9.54. The molecule has 0 unspecified atom stereocenters. The lowest BCUT2D eigenvalue weighted by Crippen LogP contribution is -1.75. The molecule has 0 saturated carbocycles. The smallest absolute Gasteiger partial charge is 0.0845 e. The first-order valence-electron chi connectivity index (χ1n) is 3.15. The lowest BCUT2D eigenvalue weighted by atomic mass is 10.3. The van der Waals surface area contributed by atoms with Gasteiger partial charge in [0.15, 0.2) is 0 Å². The summed E-state index contributed by atoms with van der Waals surface area (Å²) in [6.45, 7) is 0.621. The van der Waals surface area contributed by atoms with Crippen molar-refractivity contribution in [3.8, 4) is 0 Å². The Kier molecular flexibility index (Phi) is 7.10. The van der Waals surface area contributed by atoms with Crippen molar-refractivity contribution in [2.45, 2.75) is 12.8 Å². The van der Waals surface area contributed by atoms with Gasteiger partial charge in [-0.25, -0.2) is 0 Å². The second-order valence-electron chi connectivity index (χ2n) is 1.75. The Balaban J connectivity index is 3.03. The molecule has 0 fully saturated rings. The molecule has 0 rings (SSSR count). The molecule has 0 aromatic rings. The van der Waals surface area contributed by atoms with Crippen LogP contribution in [0.5, 0.6) is 0 Å². The first-order valence-corrected chi connectivity index (χ1v) is 3.15. The molecule has 0 radical (unpaired) electrons. The topological polar surface area (TPSA) is 58.9 Å². The van der Waals surface area contributed by atoms with E-state index in [1.165, 1.54) is 0 Å². The van der Waals surface area contributed by atoms with E-state index >= 15 is 0 Å². The van der Waals surface area contributed by atoms with Crippen molar-refractivity contribution in [1.29, 1.82) is 0 Å². The van der Waals surface area contributed by atoms with E-state index in [0.717, 1.165) is 0 Å². The molecule has 0 aliphatic heterocycles. The monoisotopic (exact) mass is 142 g/mol. The van der Waals surface area contributed by atoms with Crippen LogP contribution in [-0.4, -0.2) is 13.1 Å². The summed E-state index contributed by atoms with van der Waals surface area (Å²) in [7, 11) is 0. The van der Waals surface area contributed by atoms with Gasteiger partial charge in [0.05, 0.1) is 13.1 Å². The van der Waals surface area contributed by atoms with Crippen LogP contribution in [0.25, 0.3) is 0 Å². The summed E-state index contributed by atoms with van der Waals surface area (Å²) >= 11 is 0. The minimum atomic E-state index is 0.311. The number of rotatable bonds is 6. The molecular weight excluding hydrogens is 132 g/mol. The summed E-state index contributed by atoms with van der Waals surface area (Å²) in [6.07, 6.45) is 4.96. The van der Waals surface area contributed by atoms with Crippen LogP contribution in [0.15, 0.2) is 22.5 Å². The fourth-order valence-corrected chi connectivity index (χ4v) is 0.490. The van der Waals surface area contributed by atoms with E-state index in [1.807, 2.05) is 12.2 Å². The van der Waals surface area contributed by atoms with E-state index in [-0.39, 0.29) is 0 Å². The van der Waals surface area contributed by atoms with Gasteiger partial charge in [-0.2, -0.15) is 9.81 Å². The van der Waals surface area contributed by atoms with Gasteiger partial charge in [0.1, 0.15) is 0 Å². The molecule has 0 atom stereocenters. The van der Waals surface area contributed by atoms with Crippen LogP contribution in [0.2, 0.25) is 0 Å². The van der Waals surface area contributed by atoms with Gasteiger partial charge in [0.25, 0.3) is 0 Å². The Hall–Kier alpha value is -1.06. The van der Waals surface area contributed by atoms with Crippen molar-refractivity contribution in [2.24, 2.45) is 10.4 Å². The van der Waals surface area contributed by atoms with Gasteiger partial charge in [-0.1, -0.05) is 22.5 Å². The van der Waals surface area contributed by atoms with Crippen LogP contribution in [0.4, 0.5) is 0 Å².